The molecule has 3 heterocycles. The summed E-state index contributed by atoms with van der Waals surface area (Å²) in [5, 5.41) is 2.78. The molecule has 0 bridgehead atoms. The van der Waals surface area contributed by atoms with E-state index in [0.29, 0.717) is 23.8 Å². The summed E-state index contributed by atoms with van der Waals surface area (Å²) in [5.41, 5.74) is -0.605. The van der Waals surface area contributed by atoms with E-state index in [-0.39, 0.29) is 19.0 Å². The van der Waals surface area contributed by atoms with Crippen molar-refractivity contribution in [1.29, 1.82) is 0 Å². The van der Waals surface area contributed by atoms with Crippen LogP contribution in [-0.2, 0) is 19.8 Å². The van der Waals surface area contributed by atoms with Crippen molar-refractivity contribution >= 4 is 28.3 Å². The topological polar surface area (TPSA) is 137 Å². The molecular formula is C15H24N4O7S. The zero-order valence-corrected chi connectivity index (χ0v) is 16.2. The lowest BCUT2D eigenvalue weighted by Crippen LogP contribution is -2.69. The van der Waals surface area contributed by atoms with Gasteiger partial charge in [0.15, 0.2) is 0 Å². The van der Waals surface area contributed by atoms with E-state index in [4.69, 9.17) is 9.29 Å². The number of β-lactam (4-membered cyclic amide) rings is 1. The van der Waals surface area contributed by atoms with Gasteiger partial charge in [-0.1, -0.05) is 0 Å². The number of ether oxygens (including phenoxy) is 1. The van der Waals surface area contributed by atoms with Crippen molar-refractivity contribution in [3.05, 3.63) is 0 Å². The highest BCUT2D eigenvalue weighted by Crippen LogP contribution is 2.35. The van der Waals surface area contributed by atoms with Crippen LogP contribution in [0.2, 0.25) is 0 Å². The predicted octanol–water partition coefficient (Wildman–Crippen LogP) is -0.207. The summed E-state index contributed by atoms with van der Waals surface area (Å²) in [6, 6.07) is -2.37. The lowest BCUT2D eigenvalue weighted by atomic mass is 10.0. The first-order valence-electron chi connectivity index (χ1n) is 8.74. The number of fused-ring (bicyclic) bond motifs is 1. The van der Waals surface area contributed by atoms with Crippen LogP contribution in [0.5, 0.6) is 0 Å². The van der Waals surface area contributed by atoms with Crippen LogP contribution in [0, 0.1) is 0 Å². The van der Waals surface area contributed by atoms with Crippen molar-refractivity contribution in [3.63, 3.8) is 0 Å². The molecule has 12 heteroatoms. The molecular weight excluding hydrogens is 380 g/mol. The lowest BCUT2D eigenvalue weighted by Gasteiger charge is -2.42. The standard InChI is InChI=1S/C15H24N4O7S/c1-15(2,3)26-14(22)17-6-4-9(8-17)16-13(21)18-7-5-10-11(18)12(20)19(10)27(23,24)25/h9-11H,4-8H2,1-3H3,(H,16,21)(H,23,24,25)/t9-,10+,11-/m0/s1. The van der Waals surface area contributed by atoms with E-state index in [2.05, 4.69) is 5.32 Å². The van der Waals surface area contributed by atoms with Crippen molar-refractivity contribution in [2.75, 3.05) is 19.6 Å². The van der Waals surface area contributed by atoms with E-state index >= 15 is 0 Å². The second-order valence-electron chi connectivity index (χ2n) is 7.97. The minimum atomic E-state index is -4.61. The normalized spacial score (nSPS) is 28.1. The molecule has 0 aromatic rings. The third-order valence-electron chi connectivity index (χ3n) is 4.81. The smallest absolute Gasteiger partial charge is 0.410 e. The summed E-state index contributed by atoms with van der Waals surface area (Å²) in [4.78, 5) is 39.4. The van der Waals surface area contributed by atoms with Crippen LogP contribution < -0.4 is 5.32 Å². The number of nitrogens with one attached hydrogen (secondary N) is 1. The number of amides is 4. The van der Waals surface area contributed by atoms with Crippen LogP contribution in [-0.4, -0.2) is 88.5 Å². The van der Waals surface area contributed by atoms with Gasteiger partial charge in [0, 0.05) is 25.7 Å². The number of hydrogen-bond acceptors (Lipinski definition) is 6. The molecule has 0 aliphatic carbocycles. The third kappa shape index (κ3) is 3.81. The molecule has 3 aliphatic heterocycles. The van der Waals surface area contributed by atoms with Gasteiger partial charge in [-0.05, 0) is 33.6 Å². The van der Waals surface area contributed by atoms with Gasteiger partial charge in [0.25, 0.3) is 5.91 Å². The summed E-state index contributed by atoms with van der Waals surface area (Å²) in [6.07, 6.45) is 0.384. The van der Waals surface area contributed by atoms with Crippen LogP contribution >= 0.6 is 0 Å². The molecule has 3 rings (SSSR count). The molecule has 27 heavy (non-hydrogen) atoms. The number of carbonyl (C=O) groups is 3. The lowest BCUT2D eigenvalue weighted by molar-refractivity contribution is -0.143. The summed E-state index contributed by atoms with van der Waals surface area (Å²) < 4.78 is 37.2. The Morgan fingerprint density at radius 3 is 2.48 bits per heavy atom. The molecule has 0 unspecified atom stereocenters. The van der Waals surface area contributed by atoms with Crippen molar-refractivity contribution in [1.82, 2.24) is 19.4 Å². The van der Waals surface area contributed by atoms with E-state index < -0.39 is 46.0 Å². The second kappa shape index (κ2) is 6.51. The molecule has 0 spiro atoms. The van der Waals surface area contributed by atoms with Crippen LogP contribution in [0.3, 0.4) is 0 Å². The van der Waals surface area contributed by atoms with Crippen LogP contribution in [0.4, 0.5) is 9.59 Å². The van der Waals surface area contributed by atoms with Crippen LogP contribution in [0.15, 0.2) is 0 Å². The molecule has 2 N–H and O–H groups in total. The van der Waals surface area contributed by atoms with Gasteiger partial charge < -0.3 is 19.9 Å². The fourth-order valence-electron chi connectivity index (χ4n) is 3.67. The second-order valence-corrected chi connectivity index (χ2v) is 9.26. The van der Waals surface area contributed by atoms with Crippen LogP contribution in [0.1, 0.15) is 33.6 Å². The zero-order chi connectivity index (χ0) is 20.1. The summed E-state index contributed by atoms with van der Waals surface area (Å²) in [6.45, 7) is 6.27. The van der Waals surface area contributed by atoms with E-state index in [1.54, 1.807) is 20.8 Å². The number of likely N-dealkylation sites (tertiary alicyclic amines) is 2. The molecule has 3 aliphatic rings. The third-order valence-corrected chi connectivity index (χ3v) is 5.76. The first-order chi connectivity index (χ1) is 12.4. The predicted molar refractivity (Wildman–Crippen MR) is 92.0 cm³/mol. The molecule has 4 amide bonds. The van der Waals surface area contributed by atoms with Gasteiger partial charge in [0.2, 0.25) is 0 Å². The first kappa shape index (κ1) is 19.7. The highest BCUT2D eigenvalue weighted by Gasteiger charge is 2.60. The quantitative estimate of drug-likeness (QED) is 0.480. The fraction of sp³-hybridized carbons (Fsp3) is 0.800. The largest absolute Gasteiger partial charge is 0.444 e. The first-order valence-corrected chi connectivity index (χ1v) is 10.1. The Labute approximate surface area is 157 Å². The van der Waals surface area contributed by atoms with E-state index in [1.165, 1.54) is 9.80 Å². The van der Waals surface area contributed by atoms with Crippen molar-refractivity contribution in [2.24, 2.45) is 0 Å². The Morgan fingerprint density at radius 1 is 1.22 bits per heavy atom. The highest BCUT2D eigenvalue weighted by molar-refractivity contribution is 7.84. The number of rotatable bonds is 2. The van der Waals surface area contributed by atoms with E-state index in [0.717, 1.165) is 0 Å². The monoisotopic (exact) mass is 404 g/mol. The summed E-state index contributed by atoms with van der Waals surface area (Å²) in [7, 11) is -4.61. The van der Waals surface area contributed by atoms with E-state index in [1.807, 2.05) is 0 Å². The maximum absolute atomic E-state index is 12.5. The van der Waals surface area contributed by atoms with Gasteiger partial charge >= 0.3 is 22.4 Å². The van der Waals surface area contributed by atoms with Crippen molar-refractivity contribution in [3.8, 4) is 0 Å². The maximum atomic E-state index is 12.5. The van der Waals surface area contributed by atoms with Crippen molar-refractivity contribution < 1.29 is 32.1 Å². The highest BCUT2D eigenvalue weighted by atomic mass is 32.2. The fourth-order valence-corrected chi connectivity index (χ4v) is 4.57. The minimum Gasteiger partial charge on any atom is -0.444 e. The van der Waals surface area contributed by atoms with Gasteiger partial charge in [-0.3, -0.25) is 9.35 Å². The van der Waals surface area contributed by atoms with E-state index in [9.17, 15) is 22.8 Å². The molecule has 0 aromatic heterocycles. The molecule has 0 aromatic carbocycles. The number of nitrogens with zero attached hydrogens (tertiary/aromatic N) is 3. The molecule has 3 atom stereocenters. The molecule has 3 fully saturated rings. The van der Waals surface area contributed by atoms with Gasteiger partial charge in [-0.15, -0.1) is 0 Å². The van der Waals surface area contributed by atoms with Gasteiger partial charge in [-0.25, -0.2) is 13.9 Å². The average molecular weight is 404 g/mol. The van der Waals surface area contributed by atoms with Crippen LogP contribution in [0.25, 0.3) is 0 Å². The molecule has 152 valence electrons. The number of carbonyl (C=O) groups excluding carboxylic acids is 3. The summed E-state index contributed by atoms with van der Waals surface area (Å²) in [5.74, 6) is -0.808. The maximum Gasteiger partial charge on any atom is 0.410 e. The molecule has 3 saturated heterocycles. The molecule has 0 saturated carbocycles. The Kier molecular flexibility index (Phi) is 4.75. The number of urea groups is 1. The summed E-state index contributed by atoms with van der Waals surface area (Å²) >= 11 is 0. The Hall–Kier alpha value is -2.08. The number of hydrogen-bond donors (Lipinski definition) is 2. The molecule has 0 radical (unpaired) electrons. The SMILES string of the molecule is CC(C)(C)OC(=O)N1CC[C@H](NC(=O)N2CC[C@@H]3[C@H]2C(=O)N3S(=O)(=O)O)C1. The molecule has 11 nitrogen and oxygen atoms in total. The van der Waals surface area contributed by atoms with Crippen molar-refractivity contribution in [2.45, 2.75) is 57.3 Å². The minimum absolute atomic E-state index is 0.210. The Balaban J connectivity index is 1.54. The Bertz CT molecular complexity index is 763. The Morgan fingerprint density at radius 2 is 1.89 bits per heavy atom. The van der Waals surface area contributed by atoms with Gasteiger partial charge in [-0.2, -0.15) is 8.42 Å². The van der Waals surface area contributed by atoms with Gasteiger partial charge in [0.1, 0.15) is 11.6 Å². The zero-order valence-electron chi connectivity index (χ0n) is 15.4. The van der Waals surface area contributed by atoms with Gasteiger partial charge in [0.05, 0.1) is 6.04 Å². The average Bonchev–Trinajstić information content (AvgIpc) is 3.08.